The zero-order valence-corrected chi connectivity index (χ0v) is 42.6. The average molecular weight is 911 g/mol. The molecule has 0 radical (unpaired) electrons. The van der Waals surface area contributed by atoms with Crippen LogP contribution in [0.25, 0.3) is 82.8 Å². The second kappa shape index (κ2) is 16.3. The van der Waals surface area contributed by atoms with E-state index >= 15 is 0 Å². The Morgan fingerprint density at radius 2 is 0.957 bits per heavy atom. The van der Waals surface area contributed by atoms with Crippen LogP contribution in [0, 0.1) is 27.7 Å². The van der Waals surface area contributed by atoms with Crippen molar-refractivity contribution < 1.29 is 8.83 Å². The third-order valence-electron chi connectivity index (χ3n) is 15.9. The Bertz CT molecular complexity index is 3850. The van der Waals surface area contributed by atoms with E-state index in [1.807, 2.05) is 19.1 Å². The molecule has 3 aliphatic rings. The van der Waals surface area contributed by atoms with E-state index in [4.69, 9.17) is 8.83 Å². The van der Waals surface area contributed by atoms with Gasteiger partial charge in [0, 0.05) is 48.9 Å². The van der Waals surface area contributed by atoms with Crippen LogP contribution < -0.4 is 0 Å². The first-order valence-corrected chi connectivity index (χ1v) is 24.9. The normalized spacial score (nSPS) is 15.2. The summed E-state index contributed by atoms with van der Waals surface area (Å²) in [5.74, 6) is 0. The molecule has 0 fully saturated rings. The number of rotatable bonds is 3. The van der Waals surface area contributed by atoms with E-state index in [9.17, 15) is 0 Å². The van der Waals surface area contributed by atoms with Gasteiger partial charge in [-0.2, -0.15) is 0 Å². The minimum atomic E-state index is -0.0900. The summed E-state index contributed by atoms with van der Waals surface area (Å²) in [6, 6.07) is 50.4. The van der Waals surface area contributed by atoms with Gasteiger partial charge >= 0.3 is 0 Å². The molecular formula is C68H62O2. The van der Waals surface area contributed by atoms with E-state index in [-0.39, 0.29) is 16.2 Å². The molecule has 8 aromatic carbocycles. The number of hydrogen-bond acceptors (Lipinski definition) is 2. The number of fused-ring (bicyclic) bond motifs is 19. The zero-order valence-electron chi connectivity index (χ0n) is 42.6. The van der Waals surface area contributed by atoms with E-state index in [1.54, 1.807) is 0 Å². The molecule has 2 heterocycles. The van der Waals surface area contributed by atoms with Crippen LogP contribution in [0.3, 0.4) is 0 Å². The molecule has 0 spiro atoms. The molecule has 0 N–H and O–H groups in total. The van der Waals surface area contributed by atoms with Crippen LogP contribution in [0.15, 0.2) is 179 Å². The van der Waals surface area contributed by atoms with Crippen molar-refractivity contribution in [3.63, 3.8) is 0 Å². The van der Waals surface area contributed by atoms with Crippen molar-refractivity contribution in [2.75, 3.05) is 0 Å². The van der Waals surface area contributed by atoms with Crippen LogP contribution >= 0.6 is 0 Å². The monoisotopic (exact) mass is 910 g/mol. The Balaban J connectivity index is 0.000000132. The van der Waals surface area contributed by atoms with Crippen LogP contribution in [-0.4, -0.2) is 0 Å². The molecule has 0 saturated carbocycles. The van der Waals surface area contributed by atoms with Crippen LogP contribution in [-0.2, 0) is 16.2 Å². The first kappa shape index (κ1) is 45.0. The molecule has 0 atom stereocenters. The van der Waals surface area contributed by atoms with Gasteiger partial charge in [0.1, 0.15) is 22.3 Å². The van der Waals surface area contributed by atoms with Crippen molar-refractivity contribution in [3.8, 4) is 33.4 Å². The lowest BCUT2D eigenvalue weighted by Crippen LogP contribution is -2.24. The van der Waals surface area contributed by atoms with Gasteiger partial charge in [0.2, 0.25) is 0 Å². The number of para-hydroxylation sites is 2. The smallest absolute Gasteiger partial charge is 0.144 e. The standard InChI is InChI=1S/C31H26O.C29H26O.C8H10/c1-17-14-15-19-22(16-17)31(4,5)28-26(19)29-25(20-11-7-9-13-23(20)32-29)24-18-10-6-8-12-21(18)30(2,3)27(24)28;1-6-10-19(11-7-2)22-17-24-26(20-15-14-18(3)16-23(20)29(24,4)5)27-21-12-8-9-13-25(21)30-28(22)27;1-7-5-3-4-6-8(7)2/h6-16H,1-5H3;6-17H,1H2,2-5H3;3-6H,1-2H3/b;11-7-,19-10+;. The lowest BCUT2D eigenvalue weighted by molar-refractivity contribution is 0.600. The lowest BCUT2D eigenvalue weighted by atomic mass is 9.72. The van der Waals surface area contributed by atoms with Gasteiger partial charge in [-0.25, -0.2) is 0 Å². The zero-order chi connectivity index (χ0) is 49.0. The number of furan rings is 2. The van der Waals surface area contributed by atoms with E-state index in [1.165, 1.54) is 111 Å². The average Bonchev–Trinajstić information content (AvgIpc) is 4.09. The Kier molecular flexibility index (Phi) is 10.5. The summed E-state index contributed by atoms with van der Waals surface area (Å²) < 4.78 is 13.2. The Labute approximate surface area is 413 Å². The maximum atomic E-state index is 6.68. The third-order valence-corrected chi connectivity index (χ3v) is 15.9. The Morgan fingerprint density at radius 3 is 1.56 bits per heavy atom. The van der Waals surface area contributed by atoms with Crippen LogP contribution in [0.2, 0.25) is 0 Å². The van der Waals surface area contributed by atoms with E-state index < -0.39 is 0 Å². The predicted octanol–water partition coefficient (Wildman–Crippen LogP) is 19.2. The van der Waals surface area contributed by atoms with Gasteiger partial charge in [0.25, 0.3) is 0 Å². The van der Waals surface area contributed by atoms with Crippen LogP contribution in [0.4, 0.5) is 0 Å². The van der Waals surface area contributed by atoms with E-state index in [0.29, 0.717) is 0 Å². The first-order chi connectivity index (χ1) is 33.6. The lowest BCUT2D eigenvalue weighted by Gasteiger charge is -2.31. The van der Waals surface area contributed by atoms with Crippen molar-refractivity contribution in [2.24, 2.45) is 0 Å². The number of benzene rings is 8. The summed E-state index contributed by atoms with van der Waals surface area (Å²) in [5, 5.41) is 4.88. The quantitative estimate of drug-likeness (QED) is 0.165. The highest BCUT2D eigenvalue weighted by Gasteiger charge is 2.48. The minimum Gasteiger partial charge on any atom is -0.455 e. The fraction of sp³-hybridized carbons (Fsp3) is 0.206. The van der Waals surface area contributed by atoms with Gasteiger partial charge in [-0.15, -0.1) is 0 Å². The van der Waals surface area contributed by atoms with E-state index in [0.717, 1.165) is 33.5 Å². The van der Waals surface area contributed by atoms with Crippen LogP contribution in [0.1, 0.15) is 110 Å². The molecule has 0 amide bonds. The molecule has 2 heteroatoms. The second-order valence-electron chi connectivity index (χ2n) is 21.4. The molecule has 0 bridgehead atoms. The fourth-order valence-electron chi connectivity index (χ4n) is 12.3. The summed E-state index contributed by atoms with van der Waals surface area (Å²) in [4.78, 5) is 0. The molecule has 2 nitrogen and oxygen atoms in total. The summed E-state index contributed by atoms with van der Waals surface area (Å²) in [7, 11) is 0. The number of aryl methyl sites for hydroxylation is 4. The van der Waals surface area contributed by atoms with Gasteiger partial charge < -0.3 is 8.83 Å². The first-order valence-electron chi connectivity index (χ1n) is 24.9. The Morgan fingerprint density at radius 1 is 0.471 bits per heavy atom. The van der Waals surface area contributed by atoms with Crippen molar-refractivity contribution in [1.82, 2.24) is 0 Å². The van der Waals surface area contributed by atoms with Gasteiger partial charge in [-0.05, 0) is 131 Å². The van der Waals surface area contributed by atoms with Crippen LogP contribution in [0.5, 0.6) is 0 Å². The van der Waals surface area contributed by atoms with Gasteiger partial charge in [0.05, 0.1) is 0 Å². The van der Waals surface area contributed by atoms with Gasteiger partial charge in [-0.1, -0.05) is 205 Å². The van der Waals surface area contributed by atoms with E-state index in [2.05, 4.69) is 228 Å². The van der Waals surface area contributed by atoms with Crippen molar-refractivity contribution >= 4 is 49.5 Å². The molecule has 0 aliphatic heterocycles. The highest BCUT2D eigenvalue weighted by Crippen LogP contribution is 2.63. The predicted molar refractivity (Wildman–Crippen MR) is 299 cm³/mol. The molecule has 2 aromatic heterocycles. The molecule has 10 aromatic rings. The molecule has 0 unspecified atom stereocenters. The Hall–Kier alpha value is -7.42. The number of hydrogen-bond donors (Lipinski definition) is 0. The van der Waals surface area contributed by atoms with Gasteiger partial charge in [-0.3, -0.25) is 0 Å². The maximum Gasteiger partial charge on any atom is 0.144 e. The molecular weight excluding hydrogens is 849 g/mol. The summed E-state index contributed by atoms with van der Waals surface area (Å²) in [6.07, 6.45) is 8.11. The third kappa shape index (κ3) is 6.59. The largest absolute Gasteiger partial charge is 0.455 e. The highest BCUT2D eigenvalue weighted by atomic mass is 16.3. The minimum absolute atomic E-state index is 0.0725. The fourth-order valence-corrected chi connectivity index (χ4v) is 12.3. The summed E-state index contributed by atoms with van der Waals surface area (Å²) in [5.41, 5.74) is 27.7. The molecule has 3 aliphatic carbocycles. The topological polar surface area (TPSA) is 26.3 Å². The molecule has 13 rings (SSSR count). The summed E-state index contributed by atoms with van der Waals surface area (Å²) in [6.45, 7) is 28.8. The molecule has 346 valence electrons. The van der Waals surface area contributed by atoms with Crippen molar-refractivity contribution in [3.05, 3.63) is 232 Å². The molecule has 0 saturated heterocycles. The van der Waals surface area contributed by atoms with Crippen molar-refractivity contribution in [1.29, 1.82) is 0 Å². The maximum absolute atomic E-state index is 6.68. The highest BCUT2D eigenvalue weighted by molar-refractivity contribution is 6.21. The molecule has 70 heavy (non-hydrogen) atoms. The number of allylic oxidation sites excluding steroid dienone is 5. The van der Waals surface area contributed by atoms with Crippen molar-refractivity contribution in [2.45, 2.75) is 92.4 Å². The summed E-state index contributed by atoms with van der Waals surface area (Å²) >= 11 is 0. The van der Waals surface area contributed by atoms with Gasteiger partial charge in [0.15, 0.2) is 0 Å². The SMILES string of the molecule is C=C/C=C(\C=C/C)c1cc2c(c3c1oc1ccccc13)-c1ccc(C)cc1C2(C)C.Cc1ccc2c(c1)C(C)(C)c1c3c(c4c(oc5ccccc54)c1-2)-c1ccccc1C3(C)C.Cc1ccccc1C. The second-order valence-corrected chi connectivity index (χ2v) is 21.4.